The van der Waals surface area contributed by atoms with Crippen molar-refractivity contribution in [3.8, 4) is 0 Å². The summed E-state index contributed by atoms with van der Waals surface area (Å²) in [7, 11) is 1.71. The average Bonchev–Trinajstić information content (AvgIpc) is 3.43. The summed E-state index contributed by atoms with van der Waals surface area (Å²) in [5.41, 5.74) is 0.170. The van der Waals surface area contributed by atoms with E-state index in [0.717, 1.165) is 12.8 Å². The van der Waals surface area contributed by atoms with E-state index < -0.39 is 0 Å². The molecule has 0 radical (unpaired) electrons. The van der Waals surface area contributed by atoms with Gasteiger partial charge >= 0.3 is 0 Å². The number of hydrogen-bond acceptors (Lipinski definition) is 5. The third kappa shape index (κ3) is 3.02. The average molecular weight is 423 g/mol. The first-order valence-corrected chi connectivity index (χ1v) is 9.39. The van der Waals surface area contributed by atoms with Crippen LogP contribution in [0.3, 0.4) is 0 Å². The molecule has 10 heteroatoms. The van der Waals surface area contributed by atoms with Crippen LogP contribution < -0.4 is 5.56 Å². The molecule has 2 aromatic rings. The van der Waals surface area contributed by atoms with E-state index in [4.69, 9.17) is 0 Å². The summed E-state index contributed by atoms with van der Waals surface area (Å²) >= 11 is 3.26. The molecule has 1 aliphatic carbocycles. The van der Waals surface area contributed by atoms with Gasteiger partial charge in [-0.3, -0.25) is 19.0 Å². The first-order valence-electron chi connectivity index (χ1n) is 8.60. The van der Waals surface area contributed by atoms with Gasteiger partial charge < -0.3 is 9.80 Å². The van der Waals surface area contributed by atoms with Crippen LogP contribution in [0.5, 0.6) is 0 Å². The Balaban J connectivity index is 1.44. The zero-order valence-electron chi connectivity index (χ0n) is 14.4. The predicted octanol–water partition coefficient (Wildman–Crippen LogP) is -0.0267. The van der Waals surface area contributed by atoms with E-state index in [0.29, 0.717) is 41.8 Å². The number of amides is 2. The van der Waals surface area contributed by atoms with E-state index in [2.05, 4.69) is 26.0 Å². The van der Waals surface area contributed by atoms with Gasteiger partial charge in [-0.1, -0.05) is 0 Å². The van der Waals surface area contributed by atoms with Crippen molar-refractivity contribution in [3.63, 3.8) is 0 Å². The van der Waals surface area contributed by atoms with E-state index in [1.807, 2.05) is 4.90 Å². The van der Waals surface area contributed by atoms with Crippen LogP contribution in [0, 0.1) is 5.92 Å². The second-order valence-corrected chi connectivity index (χ2v) is 7.52. The number of carbonyl (C=O) groups is 2. The minimum absolute atomic E-state index is 0.0698. The van der Waals surface area contributed by atoms with Crippen LogP contribution in [0.15, 0.2) is 15.7 Å². The summed E-state index contributed by atoms with van der Waals surface area (Å²) in [6, 6.07) is 0. The zero-order chi connectivity index (χ0) is 18.4. The Kier molecular flexibility index (Phi) is 4.29. The molecule has 2 aliphatic rings. The van der Waals surface area contributed by atoms with Gasteiger partial charge in [0.25, 0.3) is 5.56 Å². The quantitative estimate of drug-likeness (QED) is 0.692. The maximum Gasteiger partial charge on any atom is 0.266 e. The third-order valence-electron chi connectivity index (χ3n) is 4.94. The molecule has 0 bridgehead atoms. The molecule has 1 saturated carbocycles. The van der Waals surface area contributed by atoms with Crippen molar-refractivity contribution in [1.82, 2.24) is 29.1 Å². The Labute approximate surface area is 157 Å². The van der Waals surface area contributed by atoms with Gasteiger partial charge in [0.1, 0.15) is 22.9 Å². The summed E-state index contributed by atoms with van der Waals surface area (Å²) < 4.78 is 3.24. The Bertz CT molecular complexity index is 939. The SMILES string of the molecule is Cn1nc(Br)c2c(=O)n(CC(=O)N3CCN(C(=O)C4CC4)CC3)cnc21. The molecule has 2 fully saturated rings. The van der Waals surface area contributed by atoms with Crippen LogP contribution in [0.2, 0.25) is 0 Å². The number of aryl methyl sites for hydroxylation is 1. The minimum atomic E-state index is -0.300. The summed E-state index contributed by atoms with van der Waals surface area (Å²) in [4.78, 5) is 45.1. The molecular weight excluding hydrogens is 404 g/mol. The van der Waals surface area contributed by atoms with E-state index in [1.165, 1.54) is 15.6 Å². The van der Waals surface area contributed by atoms with Gasteiger partial charge in [-0.05, 0) is 28.8 Å². The van der Waals surface area contributed by atoms with E-state index >= 15 is 0 Å². The molecule has 0 spiro atoms. The number of rotatable bonds is 3. The van der Waals surface area contributed by atoms with E-state index in [9.17, 15) is 14.4 Å². The van der Waals surface area contributed by atoms with Crippen molar-refractivity contribution >= 4 is 38.8 Å². The monoisotopic (exact) mass is 422 g/mol. The number of piperazine rings is 1. The molecular formula is C16H19BrN6O3. The number of aromatic nitrogens is 4. The molecule has 1 aliphatic heterocycles. The van der Waals surface area contributed by atoms with Crippen molar-refractivity contribution in [2.45, 2.75) is 19.4 Å². The minimum Gasteiger partial charge on any atom is -0.339 e. The van der Waals surface area contributed by atoms with Gasteiger partial charge in [0.05, 0.1) is 0 Å². The van der Waals surface area contributed by atoms with Crippen molar-refractivity contribution in [3.05, 3.63) is 21.3 Å². The topological polar surface area (TPSA) is 93.3 Å². The van der Waals surface area contributed by atoms with Crippen LogP contribution in [0.4, 0.5) is 0 Å². The molecule has 0 unspecified atom stereocenters. The lowest BCUT2D eigenvalue weighted by atomic mass is 10.2. The second-order valence-electron chi connectivity index (χ2n) is 6.77. The Hall–Kier alpha value is -2.23. The van der Waals surface area contributed by atoms with Crippen LogP contribution in [0.25, 0.3) is 11.0 Å². The smallest absolute Gasteiger partial charge is 0.266 e. The normalized spacial score (nSPS) is 17.8. The van der Waals surface area contributed by atoms with Crippen LogP contribution in [-0.2, 0) is 23.2 Å². The van der Waals surface area contributed by atoms with Gasteiger partial charge in [-0.15, -0.1) is 0 Å². The van der Waals surface area contributed by atoms with Crippen LogP contribution >= 0.6 is 15.9 Å². The molecule has 0 N–H and O–H groups in total. The number of halogens is 1. The fraction of sp³-hybridized carbons (Fsp3) is 0.562. The lowest BCUT2D eigenvalue weighted by molar-refractivity contribution is -0.140. The Morgan fingerprint density at radius 3 is 2.50 bits per heavy atom. The van der Waals surface area contributed by atoms with Crippen LogP contribution in [-0.4, -0.2) is 67.1 Å². The summed E-state index contributed by atoms with van der Waals surface area (Å²) in [6.45, 7) is 2.04. The number of fused-ring (bicyclic) bond motifs is 1. The van der Waals surface area contributed by atoms with Gasteiger partial charge in [-0.2, -0.15) is 5.10 Å². The molecule has 3 heterocycles. The van der Waals surface area contributed by atoms with Gasteiger partial charge in [0, 0.05) is 39.1 Å². The van der Waals surface area contributed by atoms with Crippen molar-refractivity contribution in [1.29, 1.82) is 0 Å². The second kappa shape index (κ2) is 6.49. The molecule has 4 rings (SSSR count). The molecule has 0 atom stereocenters. The highest BCUT2D eigenvalue weighted by atomic mass is 79.9. The summed E-state index contributed by atoms with van der Waals surface area (Å²) in [5.74, 6) is 0.266. The molecule has 2 aromatic heterocycles. The maximum absolute atomic E-state index is 12.6. The number of carbonyl (C=O) groups excluding carboxylic acids is 2. The van der Waals surface area contributed by atoms with Crippen molar-refractivity contribution in [2.24, 2.45) is 13.0 Å². The van der Waals surface area contributed by atoms with Gasteiger partial charge in [-0.25, -0.2) is 9.67 Å². The zero-order valence-corrected chi connectivity index (χ0v) is 16.0. The Morgan fingerprint density at radius 1 is 1.19 bits per heavy atom. The highest BCUT2D eigenvalue weighted by molar-refractivity contribution is 9.10. The van der Waals surface area contributed by atoms with Crippen LogP contribution in [0.1, 0.15) is 12.8 Å². The van der Waals surface area contributed by atoms with Crippen molar-refractivity contribution < 1.29 is 9.59 Å². The third-order valence-corrected chi connectivity index (χ3v) is 5.50. The largest absolute Gasteiger partial charge is 0.339 e. The Morgan fingerprint density at radius 2 is 1.85 bits per heavy atom. The molecule has 138 valence electrons. The van der Waals surface area contributed by atoms with Gasteiger partial charge in [0.2, 0.25) is 11.8 Å². The highest BCUT2D eigenvalue weighted by Crippen LogP contribution is 2.31. The lowest BCUT2D eigenvalue weighted by Crippen LogP contribution is -2.52. The van der Waals surface area contributed by atoms with Gasteiger partial charge in [0.15, 0.2) is 5.65 Å². The number of hydrogen-bond donors (Lipinski definition) is 0. The van der Waals surface area contributed by atoms with E-state index in [1.54, 1.807) is 11.9 Å². The molecule has 2 amide bonds. The highest BCUT2D eigenvalue weighted by Gasteiger charge is 2.35. The molecule has 26 heavy (non-hydrogen) atoms. The fourth-order valence-electron chi connectivity index (χ4n) is 3.26. The molecule has 0 aromatic carbocycles. The maximum atomic E-state index is 12.6. The van der Waals surface area contributed by atoms with Crippen molar-refractivity contribution in [2.75, 3.05) is 26.2 Å². The standard InChI is InChI=1S/C16H19BrN6O3/c1-20-14-12(13(17)19-20)16(26)23(9-18-14)8-11(24)21-4-6-22(7-5-21)15(25)10-2-3-10/h9-10H,2-8H2,1H3. The first kappa shape index (κ1) is 17.2. The predicted molar refractivity (Wildman–Crippen MR) is 96.4 cm³/mol. The molecule has 9 nitrogen and oxygen atoms in total. The summed E-state index contributed by atoms with van der Waals surface area (Å²) in [6.07, 6.45) is 3.35. The lowest BCUT2D eigenvalue weighted by Gasteiger charge is -2.35. The first-order chi connectivity index (χ1) is 12.5. The summed E-state index contributed by atoms with van der Waals surface area (Å²) in [5, 5.41) is 4.49. The number of nitrogens with zero attached hydrogens (tertiary/aromatic N) is 6. The fourth-order valence-corrected chi connectivity index (χ4v) is 3.84. The molecule has 1 saturated heterocycles. The van der Waals surface area contributed by atoms with E-state index in [-0.39, 0.29) is 29.8 Å².